The minimum atomic E-state index is 0. The van der Waals surface area contributed by atoms with Gasteiger partial charge in [0.2, 0.25) is 0 Å². The maximum absolute atomic E-state index is 11.7. The standard InChI is InChI=1S/C6H10FN.ClH/c7-5-6-1-3-8-4-2-6;/h5,8H,1-4H2;1H. The summed E-state index contributed by atoms with van der Waals surface area (Å²) >= 11 is 0. The summed E-state index contributed by atoms with van der Waals surface area (Å²) in [5.41, 5.74) is 0.948. The van der Waals surface area contributed by atoms with Crippen molar-refractivity contribution < 1.29 is 4.39 Å². The highest BCUT2D eigenvalue weighted by atomic mass is 35.5. The molecule has 1 heterocycles. The number of halogens is 2. The van der Waals surface area contributed by atoms with Crippen LogP contribution in [0.4, 0.5) is 4.39 Å². The summed E-state index contributed by atoms with van der Waals surface area (Å²) in [4.78, 5) is 0. The number of piperidine rings is 1. The molecule has 0 saturated carbocycles. The minimum absolute atomic E-state index is 0. The van der Waals surface area contributed by atoms with E-state index >= 15 is 0 Å². The SMILES string of the molecule is Cl.FC=C1CCNCC1. The van der Waals surface area contributed by atoms with Crippen molar-refractivity contribution in [3.63, 3.8) is 0 Å². The lowest BCUT2D eigenvalue weighted by Crippen LogP contribution is -2.22. The van der Waals surface area contributed by atoms with Crippen LogP contribution in [0.3, 0.4) is 0 Å². The van der Waals surface area contributed by atoms with Gasteiger partial charge < -0.3 is 5.32 Å². The van der Waals surface area contributed by atoms with Gasteiger partial charge in [-0.3, -0.25) is 0 Å². The van der Waals surface area contributed by atoms with Crippen LogP contribution >= 0.6 is 12.4 Å². The molecule has 1 fully saturated rings. The van der Waals surface area contributed by atoms with Crippen LogP contribution in [0.5, 0.6) is 0 Å². The molecule has 0 atom stereocenters. The second kappa shape index (κ2) is 4.77. The quantitative estimate of drug-likeness (QED) is 0.555. The van der Waals surface area contributed by atoms with E-state index in [2.05, 4.69) is 5.32 Å². The fourth-order valence-corrected chi connectivity index (χ4v) is 0.857. The molecule has 1 rings (SSSR count). The lowest BCUT2D eigenvalue weighted by molar-refractivity contribution is 0.585. The fraction of sp³-hybridized carbons (Fsp3) is 0.667. The summed E-state index contributed by atoms with van der Waals surface area (Å²) in [6.07, 6.45) is 2.51. The smallest absolute Gasteiger partial charge is 0.0859 e. The largest absolute Gasteiger partial charge is 0.316 e. The molecule has 0 aromatic rings. The van der Waals surface area contributed by atoms with Crippen LogP contribution in [-0.2, 0) is 0 Å². The zero-order valence-electron chi connectivity index (χ0n) is 5.19. The van der Waals surface area contributed by atoms with E-state index in [0.29, 0.717) is 0 Å². The first-order valence-electron chi connectivity index (χ1n) is 2.92. The van der Waals surface area contributed by atoms with E-state index in [1.165, 1.54) is 0 Å². The lowest BCUT2D eigenvalue weighted by Gasteiger charge is -2.12. The molecule has 1 N–H and O–H groups in total. The molecule has 0 spiro atoms. The molecular formula is C6H11ClFN. The Labute approximate surface area is 60.7 Å². The highest BCUT2D eigenvalue weighted by molar-refractivity contribution is 5.85. The Morgan fingerprint density at radius 3 is 2.22 bits per heavy atom. The Kier molecular flexibility index (Phi) is 4.72. The summed E-state index contributed by atoms with van der Waals surface area (Å²) in [7, 11) is 0. The summed E-state index contributed by atoms with van der Waals surface area (Å²) in [5.74, 6) is 0. The third-order valence-electron chi connectivity index (χ3n) is 1.40. The first-order valence-corrected chi connectivity index (χ1v) is 2.92. The molecule has 9 heavy (non-hydrogen) atoms. The third kappa shape index (κ3) is 2.82. The van der Waals surface area contributed by atoms with Crippen LogP contribution in [0.15, 0.2) is 11.9 Å². The molecule has 0 bridgehead atoms. The van der Waals surface area contributed by atoms with Crippen LogP contribution < -0.4 is 5.32 Å². The molecular weight excluding hydrogens is 141 g/mol. The van der Waals surface area contributed by atoms with Crippen molar-refractivity contribution in [3.8, 4) is 0 Å². The molecule has 54 valence electrons. The number of nitrogens with one attached hydrogen (secondary N) is 1. The van der Waals surface area contributed by atoms with Crippen molar-refractivity contribution in [2.75, 3.05) is 13.1 Å². The van der Waals surface area contributed by atoms with E-state index in [0.717, 1.165) is 37.8 Å². The second-order valence-electron chi connectivity index (χ2n) is 2.02. The van der Waals surface area contributed by atoms with Crippen LogP contribution in [0.1, 0.15) is 12.8 Å². The van der Waals surface area contributed by atoms with Gasteiger partial charge in [0.05, 0.1) is 6.33 Å². The molecule has 3 heteroatoms. The molecule has 1 aliphatic heterocycles. The molecule has 0 aromatic carbocycles. The summed E-state index contributed by atoms with van der Waals surface area (Å²) < 4.78 is 11.7. The number of rotatable bonds is 0. The van der Waals surface area contributed by atoms with Gasteiger partial charge in [0, 0.05) is 0 Å². The van der Waals surface area contributed by atoms with Crippen molar-refractivity contribution in [2.45, 2.75) is 12.8 Å². The summed E-state index contributed by atoms with van der Waals surface area (Å²) in [6.45, 7) is 1.88. The van der Waals surface area contributed by atoms with Gasteiger partial charge in [-0.15, -0.1) is 12.4 Å². The van der Waals surface area contributed by atoms with Gasteiger partial charge in [-0.1, -0.05) is 0 Å². The van der Waals surface area contributed by atoms with E-state index in [1.807, 2.05) is 0 Å². The zero-order chi connectivity index (χ0) is 5.82. The molecule has 1 aliphatic rings. The highest BCUT2D eigenvalue weighted by Gasteiger charge is 2.02. The first-order chi connectivity index (χ1) is 3.93. The zero-order valence-corrected chi connectivity index (χ0v) is 6.01. The average Bonchev–Trinajstić information content (AvgIpc) is 1.90. The molecule has 0 radical (unpaired) electrons. The van der Waals surface area contributed by atoms with E-state index in [-0.39, 0.29) is 12.4 Å². The van der Waals surface area contributed by atoms with Crippen LogP contribution in [-0.4, -0.2) is 13.1 Å². The number of hydrogen-bond acceptors (Lipinski definition) is 1. The van der Waals surface area contributed by atoms with Crippen LogP contribution in [0, 0.1) is 0 Å². The predicted molar refractivity (Wildman–Crippen MR) is 38.5 cm³/mol. The van der Waals surface area contributed by atoms with Crippen molar-refractivity contribution in [1.29, 1.82) is 0 Å². The van der Waals surface area contributed by atoms with Crippen molar-refractivity contribution in [2.24, 2.45) is 0 Å². The van der Waals surface area contributed by atoms with E-state index in [9.17, 15) is 4.39 Å². The summed E-state index contributed by atoms with van der Waals surface area (Å²) in [6, 6.07) is 0. The first kappa shape index (κ1) is 8.92. The third-order valence-corrected chi connectivity index (χ3v) is 1.40. The van der Waals surface area contributed by atoms with E-state index in [4.69, 9.17) is 0 Å². The molecule has 1 saturated heterocycles. The van der Waals surface area contributed by atoms with E-state index in [1.54, 1.807) is 0 Å². The number of hydrogen-bond donors (Lipinski definition) is 1. The Bertz CT molecular complexity index is 95.2. The molecule has 0 amide bonds. The minimum Gasteiger partial charge on any atom is -0.316 e. The van der Waals surface area contributed by atoms with Gasteiger partial charge in [0.15, 0.2) is 0 Å². The second-order valence-corrected chi connectivity index (χ2v) is 2.02. The van der Waals surface area contributed by atoms with Crippen molar-refractivity contribution in [1.82, 2.24) is 5.32 Å². The Morgan fingerprint density at radius 2 is 1.89 bits per heavy atom. The van der Waals surface area contributed by atoms with Gasteiger partial charge in [-0.05, 0) is 31.5 Å². The topological polar surface area (TPSA) is 12.0 Å². The van der Waals surface area contributed by atoms with Crippen LogP contribution in [0.25, 0.3) is 0 Å². The monoisotopic (exact) mass is 151 g/mol. The Balaban J connectivity index is 0.000000640. The van der Waals surface area contributed by atoms with Gasteiger partial charge in [-0.25, -0.2) is 4.39 Å². The summed E-state index contributed by atoms with van der Waals surface area (Å²) in [5, 5.41) is 3.14. The average molecular weight is 152 g/mol. The van der Waals surface area contributed by atoms with E-state index < -0.39 is 0 Å². The van der Waals surface area contributed by atoms with Gasteiger partial charge in [0.1, 0.15) is 0 Å². The van der Waals surface area contributed by atoms with Gasteiger partial charge in [-0.2, -0.15) is 0 Å². The van der Waals surface area contributed by atoms with Gasteiger partial charge in [0.25, 0.3) is 0 Å². The molecule has 0 aliphatic carbocycles. The predicted octanol–water partition coefficient (Wildman–Crippen LogP) is 1.65. The maximum atomic E-state index is 11.7. The normalized spacial score (nSPS) is 18.6. The fourth-order valence-electron chi connectivity index (χ4n) is 0.857. The Hall–Kier alpha value is -0.0800. The van der Waals surface area contributed by atoms with Gasteiger partial charge >= 0.3 is 0 Å². The maximum Gasteiger partial charge on any atom is 0.0859 e. The molecule has 0 unspecified atom stereocenters. The van der Waals surface area contributed by atoms with Crippen molar-refractivity contribution in [3.05, 3.63) is 11.9 Å². The van der Waals surface area contributed by atoms with Crippen molar-refractivity contribution >= 4 is 12.4 Å². The molecule has 1 nitrogen and oxygen atoms in total. The lowest BCUT2D eigenvalue weighted by atomic mass is 10.1. The highest BCUT2D eigenvalue weighted by Crippen LogP contribution is 2.08. The Morgan fingerprint density at radius 1 is 1.33 bits per heavy atom. The molecule has 0 aromatic heterocycles. The van der Waals surface area contributed by atoms with Crippen LogP contribution in [0.2, 0.25) is 0 Å².